The molecule has 2 rings (SSSR count). The molecule has 0 spiro atoms. The average molecular weight is 286 g/mol. The van der Waals surface area contributed by atoms with E-state index in [1.807, 2.05) is 43.3 Å². The van der Waals surface area contributed by atoms with Crippen molar-refractivity contribution in [2.45, 2.75) is 6.42 Å². The summed E-state index contributed by atoms with van der Waals surface area (Å²) in [5, 5.41) is 21.4. The molecule has 0 unspecified atom stereocenters. The third-order valence-electron chi connectivity index (χ3n) is 3.07. The molecule has 0 aliphatic heterocycles. The first-order valence-corrected chi connectivity index (χ1v) is 6.54. The van der Waals surface area contributed by atoms with E-state index in [1.165, 1.54) is 12.1 Å². The first kappa shape index (κ1) is 14.7. The lowest BCUT2D eigenvalue weighted by molar-refractivity contribution is -0.115. The zero-order valence-corrected chi connectivity index (χ0v) is 12.0. The quantitative estimate of drug-likeness (QED) is 0.754. The summed E-state index contributed by atoms with van der Waals surface area (Å²) < 4.78 is 0. The molecular weight excluding hydrogens is 268 g/mol. The maximum Gasteiger partial charge on any atom is 0.228 e. The van der Waals surface area contributed by atoms with E-state index in [4.69, 9.17) is 0 Å². The highest BCUT2D eigenvalue weighted by Gasteiger charge is 2.07. The molecule has 21 heavy (non-hydrogen) atoms. The number of anilines is 2. The Morgan fingerprint density at radius 2 is 1.71 bits per heavy atom. The fraction of sp³-hybridized carbons (Fsp3) is 0.188. The third kappa shape index (κ3) is 3.89. The maximum atomic E-state index is 11.9. The largest absolute Gasteiger partial charge is 0.504 e. The van der Waals surface area contributed by atoms with Crippen LogP contribution < -0.4 is 10.2 Å². The molecule has 0 saturated heterocycles. The molecule has 0 bridgehead atoms. The molecule has 2 aromatic rings. The lowest BCUT2D eigenvalue weighted by atomic mass is 10.1. The molecule has 0 aromatic heterocycles. The SMILES string of the molecule is CN(C)c1ccc(NC(=O)Cc2ccc(O)c(O)c2)cc1. The van der Waals surface area contributed by atoms with Gasteiger partial charge in [0.2, 0.25) is 5.91 Å². The number of benzene rings is 2. The Balaban J connectivity index is 1.99. The van der Waals surface area contributed by atoms with E-state index in [-0.39, 0.29) is 23.8 Å². The van der Waals surface area contributed by atoms with Gasteiger partial charge in [-0.2, -0.15) is 0 Å². The fourth-order valence-electron chi connectivity index (χ4n) is 1.91. The molecule has 110 valence electrons. The van der Waals surface area contributed by atoms with Crippen molar-refractivity contribution in [3.8, 4) is 11.5 Å². The Labute approximate surface area is 123 Å². The molecule has 1 amide bonds. The second-order valence-electron chi connectivity index (χ2n) is 4.99. The molecule has 2 aromatic carbocycles. The smallest absolute Gasteiger partial charge is 0.228 e. The normalized spacial score (nSPS) is 10.2. The number of carbonyl (C=O) groups excluding carboxylic acids is 1. The van der Waals surface area contributed by atoms with E-state index < -0.39 is 0 Å². The van der Waals surface area contributed by atoms with Crippen LogP contribution in [0.5, 0.6) is 11.5 Å². The molecule has 0 saturated carbocycles. The Hall–Kier alpha value is -2.69. The number of carbonyl (C=O) groups is 1. The molecule has 5 heteroatoms. The van der Waals surface area contributed by atoms with Crippen LogP contribution in [0.25, 0.3) is 0 Å². The summed E-state index contributed by atoms with van der Waals surface area (Å²) >= 11 is 0. The molecule has 0 atom stereocenters. The Bertz CT molecular complexity index is 636. The van der Waals surface area contributed by atoms with Gasteiger partial charge in [0, 0.05) is 25.5 Å². The minimum atomic E-state index is -0.226. The van der Waals surface area contributed by atoms with Gasteiger partial charge < -0.3 is 20.4 Å². The van der Waals surface area contributed by atoms with Crippen molar-refractivity contribution in [3.63, 3.8) is 0 Å². The van der Waals surface area contributed by atoms with Crippen molar-refractivity contribution >= 4 is 17.3 Å². The van der Waals surface area contributed by atoms with Gasteiger partial charge in [-0.05, 0) is 42.0 Å². The number of hydrogen-bond acceptors (Lipinski definition) is 4. The zero-order valence-electron chi connectivity index (χ0n) is 12.0. The fourth-order valence-corrected chi connectivity index (χ4v) is 1.91. The van der Waals surface area contributed by atoms with Crippen LogP contribution in [0.15, 0.2) is 42.5 Å². The predicted octanol–water partition coefficient (Wildman–Crippen LogP) is 2.35. The number of amides is 1. The third-order valence-corrected chi connectivity index (χ3v) is 3.07. The second kappa shape index (κ2) is 6.17. The van der Waals surface area contributed by atoms with Gasteiger partial charge in [-0.15, -0.1) is 0 Å². The van der Waals surface area contributed by atoms with Crippen LogP contribution in [-0.4, -0.2) is 30.2 Å². The van der Waals surface area contributed by atoms with Crippen LogP contribution in [0.2, 0.25) is 0 Å². The highest BCUT2D eigenvalue weighted by Crippen LogP contribution is 2.25. The van der Waals surface area contributed by atoms with Gasteiger partial charge in [-0.1, -0.05) is 6.07 Å². The van der Waals surface area contributed by atoms with Crippen molar-refractivity contribution in [3.05, 3.63) is 48.0 Å². The molecular formula is C16H18N2O3. The molecule has 0 aliphatic carbocycles. The van der Waals surface area contributed by atoms with E-state index in [2.05, 4.69) is 5.32 Å². The lowest BCUT2D eigenvalue weighted by Gasteiger charge is -2.13. The highest BCUT2D eigenvalue weighted by atomic mass is 16.3. The average Bonchev–Trinajstić information content (AvgIpc) is 2.43. The van der Waals surface area contributed by atoms with E-state index in [0.717, 1.165) is 5.69 Å². The number of rotatable bonds is 4. The summed E-state index contributed by atoms with van der Waals surface area (Å²) in [4.78, 5) is 13.9. The monoisotopic (exact) mass is 286 g/mol. The molecule has 0 radical (unpaired) electrons. The Kier molecular flexibility index (Phi) is 4.33. The van der Waals surface area contributed by atoms with Gasteiger partial charge in [0.25, 0.3) is 0 Å². The van der Waals surface area contributed by atoms with Gasteiger partial charge in [0.05, 0.1) is 6.42 Å². The summed E-state index contributed by atoms with van der Waals surface area (Å²) in [6.45, 7) is 0. The topological polar surface area (TPSA) is 72.8 Å². The van der Waals surface area contributed by atoms with Crippen LogP contribution in [-0.2, 0) is 11.2 Å². The molecule has 0 aliphatic rings. The van der Waals surface area contributed by atoms with Crippen molar-refractivity contribution < 1.29 is 15.0 Å². The summed E-state index contributed by atoms with van der Waals surface area (Å²) in [7, 11) is 3.90. The maximum absolute atomic E-state index is 11.9. The predicted molar refractivity (Wildman–Crippen MR) is 82.9 cm³/mol. The molecule has 0 heterocycles. The summed E-state index contributed by atoms with van der Waals surface area (Å²) in [5.41, 5.74) is 2.40. The lowest BCUT2D eigenvalue weighted by Crippen LogP contribution is -2.14. The Morgan fingerprint density at radius 3 is 2.29 bits per heavy atom. The second-order valence-corrected chi connectivity index (χ2v) is 4.99. The van der Waals surface area contributed by atoms with Crippen LogP contribution in [0.4, 0.5) is 11.4 Å². The first-order chi connectivity index (χ1) is 9.95. The van der Waals surface area contributed by atoms with Crippen molar-refractivity contribution in [2.24, 2.45) is 0 Å². The zero-order chi connectivity index (χ0) is 15.4. The number of aromatic hydroxyl groups is 2. The highest BCUT2D eigenvalue weighted by molar-refractivity contribution is 5.92. The van der Waals surface area contributed by atoms with E-state index in [9.17, 15) is 15.0 Å². The number of hydrogen-bond donors (Lipinski definition) is 3. The van der Waals surface area contributed by atoms with Gasteiger partial charge in [0.15, 0.2) is 11.5 Å². The van der Waals surface area contributed by atoms with Gasteiger partial charge in [0.1, 0.15) is 0 Å². The molecule has 3 N–H and O–H groups in total. The van der Waals surface area contributed by atoms with Crippen LogP contribution in [0, 0.1) is 0 Å². The first-order valence-electron chi connectivity index (χ1n) is 6.54. The summed E-state index contributed by atoms with van der Waals surface area (Å²) in [6.07, 6.45) is 0.128. The van der Waals surface area contributed by atoms with Crippen molar-refractivity contribution in [1.29, 1.82) is 0 Å². The van der Waals surface area contributed by atoms with E-state index in [1.54, 1.807) is 6.07 Å². The summed E-state index contributed by atoms with van der Waals surface area (Å²) in [6, 6.07) is 11.9. The number of nitrogens with one attached hydrogen (secondary N) is 1. The Morgan fingerprint density at radius 1 is 1.05 bits per heavy atom. The van der Waals surface area contributed by atoms with Gasteiger partial charge >= 0.3 is 0 Å². The molecule has 5 nitrogen and oxygen atoms in total. The van der Waals surface area contributed by atoms with E-state index in [0.29, 0.717) is 11.3 Å². The molecule has 0 fully saturated rings. The van der Waals surface area contributed by atoms with E-state index >= 15 is 0 Å². The number of phenols is 2. The van der Waals surface area contributed by atoms with Gasteiger partial charge in [-0.25, -0.2) is 0 Å². The minimum absolute atomic E-state index is 0.128. The number of phenolic OH excluding ortho intramolecular Hbond substituents is 2. The van der Waals surface area contributed by atoms with Crippen LogP contribution in [0.3, 0.4) is 0 Å². The van der Waals surface area contributed by atoms with Crippen LogP contribution >= 0.6 is 0 Å². The summed E-state index contributed by atoms with van der Waals surface area (Å²) in [5.74, 6) is -0.605. The van der Waals surface area contributed by atoms with Crippen LogP contribution in [0.1, 0.15) is 5.56 Å². The van der Waals surface area contributed by atoms with Crippen molar-refractivity contribution in [2.75, 3.05) is 24.3 Å². The number of nitrogens with zero attached hydrogens (tertiary/aromatic N) is 1. The van der Waals surface area contributed by atoms with Crippen molar-refractivity contribution in [1.82, 2.24) is 0 Å². The van der Waals surface area contributed by atoms with Gasteiger partial charge in [-0.3, -0.25) is 4.79 Å². The minimum Gasteiger partial charge on any atom is -0.504 e. The standard InChI is InChI=1S/C16H18N2O3/c1-18(2)13-6-4-12(5-7-13)17-16(21)10-11-3-8-14(19)15(20)9-11/h3-9,19-20H,10H2,1-2H3,(H,17,21).